The maximum atomic E-state index is 14.4. The summed E-state index contributed by atoms with van der Waals surface area (Å²) < 4.78 is 62.0. The average Bonchev–Trinajstić information content (AvgIpc) is 2.97. The van der Waals surface area contributed by atoms with Gasteiger partial charge in [-0.2, -0.15) is 18.4 Å². The van der Waals surface area contributed by atoms with Crippen molar-refractivity contribution in [3.05, 3.63) is 119 Å². The summed E-state index contributed by atoms with van der Waals surface area (Å²) in [6, 6.07) is 26.8. The van der Waals surface area contributed by atoms with Gasteiger partial charge in [0.05, 0.1) is 30.4 Å². The normalized spacial score (nSPS) is 15.0. The fraction of sp³-hybridized carbons (Fsp3) is 0.242. The van der Waals surface area contributed by atoms with E-state index in [2.05, 4.69) is 5.32 Å². The summed E-state index contributed by atoms with van der Waals surface area (Å²) >= 11 is 0. The Morgan fingerprint density at radius 3 is 2.23 bits per heavy atom. The summed E-state index contributed by atoms with van der Waals surface area (Å²) in [6.45, 7) is 1.77. The van der Waals surface area contributed by atoms with E-state index in [0.29, 0.717) is 22.3 Å². The number of benzene rings is 4. The highest BCUT2D eigenvalue weighted by Crippen LogP contribution is 2.41. The van der Waals surface area contributed by atoms with Crippen LogP contribution in [0.4, 0.5) is 17.6 Å². The van der Waals surface area contributed by atoms with Gasteiger partial charge in [-0.1, -0.05) is 48.5 Å². The number of piperidine rings is 1. The first-order chi connectivity index (χ1) is 19.3. The molecule has 0 aliphatic carbocycles. The zero-order valence-corrected chi connectivity index (χ0v) is 21.8. The number of halogens is 4. The molecule has 4 aromatic carbocycles. The molecule has 0 saturated carbocycles. The molecule has 5 rings (SSSR count). The molecule has 0 spiro atoms. The Balaban J connectivity index is 1.45. The maximum absolute atomic E-state index is 14.4. The van der Waals surface area contributed by atoms with Crippen LogP contribution < -0.4 is 5.32 Å². The van der Waals surface area contributed by atoms with E-state index in [-0.39, 0.29) is 19.0 Å². The summed E-state index contributed by atoms with van der Waals surface area (Å²) in [5.74, 6) is -0.327. The Labute approximate surface area is 231 Å². The smallest absolute Gasteiger partial charge is 0.376 e. The van der Waals surface area contributed by atoms with Gasteiger partial charge in [0.2, 0.25) is 0 Å². The number of nitrogens with one attached hydrogen (secondary N) is 1. The summed E-state index contributed by atoms with van der Waals surface area (Å²) in [5, 5.41) is 12.4. The highest BCUT2D eigenvalue weighted by Gasteiger charge is 2.37. The summed E-state index contributed by atoms with van der Waals surface area (Å²) in [4.78, 5) is 0. The van der Waals surface area contributed by atoms with E-state index in [1.165, 1.54) is 6.07 Å². The highest BCUT2D eigenvalue weighted by molar-refractivity contribution is 5.69. The van der Waals surface area contributed by atoms with Gasteiger partial charge in [-0.15, -0.1) is 0 Å². The molecule has 4 aromatic rings. The molecule has 1 aliphatic rings. The first-order valence-electron chi connectivity index (χ1n) is 13.1. The van der Waals surface area contributed by atoms with Gasteiger partial charge in [-0.05, 0) is 102 Å². The molecule has 3 nitrogen and oxygen atoms in total. The van der Waals surface area contributed by atoms with Crippen LogP contribution in [0.2, 0.25) is 0 Å². The third-order valence-electron chi connectivity index (χ3n) is 7.51. The van der Waals surface area contributed by atoms with Crippen molar-refractivity contribution in [2.24, 2.45) is 0 Å². The fourth-order valence-electron chi connectivity index (χ4n) is 5.44. The Hall–Kier alpha value is -3.99. The molecule has 7 heteroatoms. The predicted octanol–water partition coefficient (Wildman–Crippen LogP) is 7.89. The van der Waals surface area contributed by atoms with Crippen molar-refractivity contribution in [1.29, 1.82) is 5.26 Å². The van der Waals surface area contributed by atoms with E-state index in [0.717, 1.165) is 54.8 Å². The lowest BCUT2D eigenvalue weighted by Gasteiger charge is -2.39. The molecule has 0 radical (unpaired) electrons. The lowest BCUT2D eigenvalue weighted by atomic mass is 9.71. The molecule has 1 saturated heterocycles. The monoisotopic (exact) mass is 544 g/mol. The number of hydrogen-bond acceptors (Lipinski definition) is 3. The molecule has 1 heterocycles. The molecule has 40 heavy (non-hydrogen) atoms. The topological polar surface area (TPSA) is 45.0 Å². The zero-order chi connectivity index (χ0) is 28.2. The molecule has 0 atom stereocenters. The molecule has 1 fully saturated rings. The molecule has 0 aromatic heterocycles. The maximum Gasteiger partial charge on any atom is 0.416 e. The van der Waals surface area contributed by atoms with Crippen molar-refractivity contribution in [1.82, 2.24) is 5.32 Å². The second-order valence-corrected chi connectivity index (χ2v) is 10.2. The van der Waals surface area contributed by atoms with Gasteiger partial charge in [0.1, 0.15) is 5.82 Å². The van der Waals surface area contributed by atoms with Crippen LogP contribution in [0, 0.1) is 17.1 Å². The van der Waals surface area contributed by atoms with E-state index < -0.39 is 17.2 Å². The van der Waals surface area contributed by atoms with Crippen LogP contribution in [-0.2, 0) is 22.9 Å². The SMILES string of the molecule is N#Cc1ccc(-c2cc(COCC3(c4ccc(F)cc4-c4ccccc4)CCNCC3)cc(C(F)(F)F)c2)cc1. The van der Waals surface area contributed by atoms with Gasteiger partial charge in [-0.25, -0.2) is 4.39 Å². The lowest BCUT2D eigenvalue weighted by molar-refractivity contribution is -0.137. The largest absolute Gasteiger partial charge is 0.416 e. The van der Waals surface area contributed by atoms with Gasteiger partial charge in [0.15, 0.2) is 0 Å². The van der Waals surface area contributed by atoms with E-state index >= 15 is 0 Å². The van der Waals surface area contributed by atoms with Crippen LogP contribution in [0.3, 0.4) is 0 Å². The van der Waals surface area contributed by atoms with Crippen molar-refractivity contribution >= 4 is 0 Å². The van der Waals surface area contributed by atoms with E-state index in [1.807, 2.05) is 42.5 Å². The van der Waals surface area contributed by atoms with Crippen molar-refractivity contribution in [3.63, 3.8) is 0 Å². The highest BCUT2D eigenvalue weighted by atomic mass is 19.4. The quantitative estimate of drug-likeness (QED) is 0.241. The average molecular weight is 545 g/mol. The van der Waals surface area contributed by atoms with E-state index in [4.69, 9.17) is 10.00 Å². The fourth-order valence-corrected chi connectivity index (χ4v) is 5.44. The molecule has 1 N–H and O–H groups in total. The lowest BCUT2D eigenvalue weighted by Crippen LogP contribution is -2.43. The molecule has 0 amide bonds. The summed E-state index contributed by atoms with van der Waals surface area (Å²) in [7, 11) is 0. The van der Waals surface area contributed by atoms with Crippen LogP contribution in [0.15, 0.2) is 91.0 Å². The molecule has 1 aliphatic heterocycles. The van der Waals surface area contributed by atoms with Crippen LogP contribution >= 0.6 is 0 Å². The predicted molar refractivity (Wildman–Crippen MR) is 147 cm³/mol. The van der Waals surface area contributed by atoms with Gasteiger partial charge < -0.3 is 10.1 Å². The second-order valence-electron chi connectivity index (χ2n) is 10.2. The second kappa shape index (κ2) is 11.6. The standard InChI is InChI=1S/C33H28F4N2O/c34-29-10-11-31(30(19-29)26-4-2-1-3-5-26)32(12-14-39-15-13-32)22-40-21-24-16-27(18-28(17-24)33(35,36)37)25-8-6-23(20-38)7-9-25/h1-11,16-19,39H,12-15,21-22H2. The van der Waals surface area contributed by atoms with Crippen molar-refractivity contribution < 1.29 is 22.3 Å². The number of hydrogen-bond donors (Lipinski definition) is 1. The van der Waals surface area contributed by atoms with Gasteiger partial charge in [0.25, 0.3) is 0 Å². The van der Waals surface area contributed by atoms with Crippen molar-refractivity contribution in [2.75, 3.05) is 19.7 Å². The molecule has 0 bridgehead atoms. The number of rotatable bonds is 7. The number of alkyl halides is 3. The van der Waals surface area contributed by atoms with Crippen LogP contribution in [0.5, 0.6) is 0 Å². The Kier molecular flexibility index (Phi) is 8.02. The third-order valence-corrected chi connectivity index (χ3v) is 7.51. The summed E-state index contributed by atoms with van der Waals surface area (Å²) in [5.41, 5.74) is 3.32. The minimum atomic E-state index is -4.52. The minimum absolute atomic E-state index is 0.00968. The number of nitriles is 1. The first kappa shape index (κ1) is 27.6. The van der Waals surface area contributed by atoms with E-state index in [1.54, 1.807) is 36.4 Å². The Bertz CT molecular complexity index is 1500. The van der Waals surface area contributed by atoms with Crippen molar-refractivity contribution in [3.8, 4) is 28.3 Å². The zero-order valence-electron chi connectivity index (χ0n) is 21.8. The molecular weight excluding hydrogens is 516 g/mol. The Morgan fingerprint density at radius 1 is 0.825 bits per heavy atom. The molecule has 204 valence electrons. The molecule has 0 unspecified atom stereocenters. The van der Waals surface area contributed by atoms with Crippen LogP contribution in [-0.4, -0.2) is 19.7 Å². The van der Waals surface area contributed by atoms with Crippen molar-refractivity contribution in [2.45, 2.75) is 31.0 Å². The molecular formula is C33H28F4N2O. The third kappa shape index (κ3) is 6.09. The minimum Gasteiger partial charge on any atom is -0.376 e. The summed E-state index contributed by atoms with van der Waals surface area (Å²) in [6.07, 6.45) is -3.03. The Morgan fingerprint density at radius 2 is 1.55 bits per heavy atom. The van der Waals surface area contributed by atoms with Crippen LogP contribution in [0.25, 0.3) is 22.3 Å². The number of ether oxygens (including phenoxy) is 1. The van der Waals surface area contributed by atoms with Crippen LogP contribution in [0.1, 0.15) is 35.1 Å². The first-order valence-corrected chi connectivity index (χ1v) is 13.1. The van der Waals surface area contributed by atoms with Gasteiger partial charge in [0, 0.05) is 5.41 Å². The van der Waals surface area contributed by atoms with E-state index in [9.17, 15) is 17.6 Å². The van der Waals surface area contributed by atoms with Gasteiger partial charge >= 0.3 is 6.18 Å². The number of nitrogens with zero attached hydrogens (tertiary/aromatic N) is 1. The van der Waals surface area contributed by atoms with Gasteiger partial charge in [-0.3, -0.25) is 0 Å².